The third kappa shape index (κ3) is 1.67. The standard InChI is InChI=1S/C8H5ClN6OS/c9-6-2-1-5(17-6)4-3-11-14-15(4)8-7(10)12-16-13-8/h1-3H,(H2,10,12). The van der Waals surface area contributed by atoms with Gasteiger partial charge >= 0.3 is 0 Å². The van der Waals surface area contributed by atoms with Crippen LogP contribution in [0.2, 0.25) is 4.34 Å². The van der Waals surface area contributed by atoms with E-state index in [0.29, 0.717) is 10.2 Å². The van der Waals surface area contributed by atoms with Gasteiger partial charge in [0.05, 0.1) is 15.4 Å². The summed E-state index contributed by atoms with van der Waals surface area (Å²) < 4.78 is 6.66. The van der Waals surface area contributed by atoms with Crippen molar-refractivity contribution in [1.29, 1.82) is 0 Å². The van der Waals surface area contributed by atoms with Gasteiger partial charge in [-0.25, -0.2) is 4.63 Å². The maximum Gasteiger partial charge on any atom is 0.243 e. The minimum atomic E-state index is 0.152. The minimum absolute atomic E-state index is 0.152. The molecule has 0 saturated heterocycles. The lowest BCUT2D eigenvalue weighted by atomic mass is 10.3. The molecule has 3 heterocycles. The number of aromatic nitrogens is 5. The molecule has 0 atom stereocenters. The van der Waals surface area contributed by atoms with E-state index in [1.807, 2.05) is 6.07 Å². The molecule has 3 aromatic rings. The van der Waals surface area contributed by atoms with E-state index < -0.39 is 0 Å². The first-order valence-electron chi connectivity index (χ1n) is 4.50. The average molecular weight is 269 g/mol. The highest BCUT2D eigenvalue weighted by Gasteiger charge is 2.16. The van der Waals surface area contributed by atoms with Crippen LogP contribution >= 0.6 is 22.9 Å². The van der Waals surface area contributed by atoms with Crippen molar-refractivity contribution in [3.63, 3.8) is 0 Å². The van der Waals surface area contributed by atoms with Crippen molar-refractivity contribution in [2.45, 2.75) is 0 Å². The zero-order valence-corrected chi connectivity index (χ0v) is 9.81. The van der Waals surface area contributed by atoms with Gasteiger partial charge < -0.3 is 5.73 Å². The summed E-state index contributed by atoms with van der Waals surface area (Å²) in [5.74, 6) is 0.460. The molecule has 0 aliphatic rings. The number of halogens is 1. The fraction of sp³-hybridized carbons (Fsp3) is 0. The first-order valence-corrected chi connectivity index (χ1v) is 5.70. The average Bonchev–Trinajstić information content (AvgIpc) is 2.97. The molecule has 0 saturated carbocycles. The number of hydrogen-bond acceptors (Lipinski definition) is 7. The Morgan fingerprint density at radius 3 is 2.88 bits per heavy atom. The summed E-state index contributed by atoms with van der Waals surface area (Å²) in [6.07, 6.45) is 1.59. The highest BCUT2D eigenvalue weighted by atomic mass is 35.5. The van der Waals surface area contributed by atoms with Crippen molar-refractivity contribution < 1.29 is 4.63 Å². The maximum absolute atomic E-state index is 5.88. The van der Waals surface area contributed by atoms with Crippen LogP contribution in [0, 0.1) is 0 Å². The van der Waals surface area contributed by atoms with Gasteiger partial charge in [-0.15, -0.1) is 16.4 Å². The molecular formula is C8H5ClN6OS. The number of anilines is 1. The molecule has 0 spiro atoms. The second-order valence-corrected chi connectivity index (χ2v) is 4.82. The molecule has 2 N–H and O–H groups in total. The predicted molar refractivity (Wildman–Crippen MR) is 62.0 cm³/mol. The fourth-order valence-corrected chi connectivity index (χ4v) is 2.39. The molecule has 0 unspecified atom stereocenters. The van der Waals surface area contributed by atoms with Crippen molar-refractivity contribution in [3.05, 3.63) is 22.7 Å². The number of rotatable bonds is 2. The fourth-order valence-electron chi connectivity index (χ4n) is 1.35. The first kappa shape index (κ1) is 10.2. The number of hydrogen-bond donors (Lipinski definition) is 1. The lowest BCUT2D eigenvalue weighted by Gasteiger charge is -1.98. The van der Waals surface area contributed by atoms with Crippen LogP contribution in [0.5, 0.6) is 0 Å². The summed E-state index contributed by atoms with van der Waals surface area (Å²) >= 11 is 7.29. The van der Waals surface area contributed by atoms with Gasteiger partial charge in [0, 0.05) is 0 Å². The van der Waals surface area contributed by atoms with E-state index in [4.69, 9.17) is 17.3 Å². The Hall–Kier alpha value is -1.93. The smallest absolute Gasteiger partial charge is 0.243 e. The van der Waals surface area contributed by atoms with E-state index in [9.17, 15) is 0 Å². The lowest BCUT2D eigenvalue weighted by Crippen LogP contribution is -2.02. The van der Waals surface area contributed by atoms with E-state index in [1.54, 1.807) is 12.3 Å². The molecule has 9 heteroatoms. The van der Waals surface area contributed by atoms with Gasteiger partial charge in [-0.3, -0.25) is 0 Å². The molecule has 3 aromatic heterocycles. The number of nitrogens with zero attached hydrogens (tertiary/aromatic N) is 5. The van der Waals surface area contributed by atoms with Gasteiger partial charge in [0.2, 0.25) is 11.6 Å². The van der Waals surface area contributed by atoms with Crippen molar-refractivity contribution in [3.8, 4) is 16.4 Å². The number of nitrogens with two attached hydrogens (primary N) is 1. The van der Waals surface area contributed by atoms with Crippen LogP contribution in [0.4, 0.5) is 5.82 Å². The van der Waals surface area contributed by atoms with Crippen molar-refractivity contribution in [1.82, 2.24) is 25.3 Å². The highest BCUT2D eigenvalue weighted by molar-refractivity contribution is 7.19. The summed E-state index contributed by atoms with van der Waals surface area (Å²) in [6.45, 7) is 0. The summed E-state index contributed by atoms with van der Waals surface area (Å²) in [4.78, 5) is 0.905. The van der Waals surface area contributed by atoms with Gasteiger partial charge in [-0.2, -0.15) is 4.68 Å². The van der Waals surface area contributed by atoms with Gasteiger partial charge in [-0.05, 0) is 22.4 Å². The van der Waals surface area contributed by atoms with Crippen molar-refractivity contribution >= 4 is 28.8 Å². The Morgan fingerprint density at radius 1 is 1.35 bits per heavy atom. The van der Waals surface area contributed by atoms with E-state index in [0.717, 1.165) is 10.6 Å². The highest BCUT2D eigenvalue weighted by Crippen LogP contribution is 2.31. The SMILES string of the molecule is Nc1nonc1-n1nncc1-c1ccc(Cl)s1. The van der Waals surface area contributed by atoms with Crippen LogP contribution in [-0.2, 0) is 0 Å². The molecule has 0 fully saturated rings. The monoisotopic (exact) mass is 268 g/mol. The summed E-state index contributed by atoms with van der Waals surface area (Å²) in [5, 5.41) is 14.9. The third-order valence-corrected chi connectivity index (χ3v) is 3.32. The van der Waals surface area contributed by atoms with Gasteiger partial charge in [0.25, 0.3) is 0 Å². The topological polar surface area (TPSA) is 95.7 Å². The van der Waals surface area contributed by atoms with Crippen LogP contribution in [-0.4, -0.2) is 25.3 Å². The molecular weight excluding hydrogens is 264 g/mol. The molecule has 0 aliphatic carbocycles. The molecule has 3 rings (SSSR count). The third-order valence-electron chi connectivity index (χ3n) is 2.07. The van der Waals surface area contributed by atoms with Crippen molar-refractivity contribution in [2.24, 2.45) is 0 Å². The largest absolute Gasteiger partial charge is 0.378 e. The van der Waals surface area contributed by atoms with Crippen LogP contribution in [0.1, 0.15) is 0 Å². The lowest BCUT2D eigenvalue weighted by molar-refractivity contribution is 0.307. The zero-order chi connectivity index (χ0) is 11.8. The maximum atomic E-state index is 5.88. The summed E-state index contributed by atoms with van der Waals surface area (Å²) in [6, 6.07) is 3.66. The van der Waals surface area contributed by atoms with Crippen LogP contribution < -0.4 is 5.73 Å². The summed E-state index contributed by atoms with van der Waals surface area (Å²) in [5.41, 5.74) is 6.33. The normalized spacial score (nSPS) is 10.9. The Bertz CT molecular complexity index is 658. The molecule has 0 aromatic carbocycles. The quantitative estimate of drug-likeness (QED) is 0.759. The molecule has 17 heavy (non-hydrogen) atoms. The van der Waals surface area contributed by atoms with Gasteiger partial charge in [-0.1, -0.05) is 16.8 Å². The molecule has 86 valence electrons. The molecule has 0 amide bonds. The van der Waals surface area contributed by atoms with Gasteiger partial charge in [0.15, 0.2) is 0 Å². The zero-order valence-electron chi connectivity index (χ0n) is 8.24. The van der Waals surface area contributed by atoms with Crippen LogP contribution in [0.15, 0.2) is 23.0 Å². The Balaban J connectivity index is 2.15. The van der Waals surface area contributed by atoms with Crippen LogP contribution in [0.25, 0.3) is 16.4 Å². The number of nitrogen functional groups attached to an aromatic ring is 1. The number of thiophene rings is 1. The molecule has 7 nitrogen and oxygen atoms in total. The van der Waals surface area contributed by atoms with Gasteiger partial charge in [0.1, 0.15) is 5.69 Å². The molecule has 0 radical (unpaired) electrons. The van der Waals surface area contributed by atoms with Crippen LogP contribution in [0.3, 0.4) is 0 Å². The Kier molecular flexibility index (Phi) is 2.30. The summed E-state index contributed by atoms with van der Waals surface area (Å²) in [7, 11) is 0. The van der Waals surface area contributed by atoms with E-state index in [1.165, 1.54) is 16.0 Å². The Morgan fingerprint density at radius 2 is 2.24 bits per heavy atom. The predicted octanol–water partition coefficient (Wildman–Crippen LogP) is 1.61. The van der Waals surface area contributed by atoms with Crippen molar-refractivity contribution in [2.75, 3.05) is 5.73 Å². The Labute approximate surface area is 104 Å². The second kappa shape index (κ2) is 3.82. The molecule has 0 bridgehead atoms. The van der Waals surface area contributed by atoms with E-state index in [2.05, 4.69) is 25.3 Å². The first-order chi connectivity index (χ1) is 8.25. The van der Waals surface area contributed by atoms with E-state index >= 15 is 0 Å². The minimum Gasteiger partial charge on any atom is -0.378 e. The molecule has 0 aliphatic heterocycles. The van der Waals surface area contributed by atoms with E-state index in [-0.39, 0.29) is 5.82 Å². The second-order valence-electron chi connectivity index (χ2n) is 3.11.